The van der Waals surface area contributed by atoms with E-state index < -0.39 is 21.4 Å². The molecule has 37 heavy (non-hydrogen) atoms. The number of aliphatic hydroxyl groups excluding tert-OH is 1. The smallest absolute Gasteiger partial charge is 0.320 e. The fourth-order valence-electron chi connectivity index (χ4n) is 2.82. The first-order chi connectivity index (χ1) is 17.6. The maximum absolute atomic E-state index is 12.7. The number of hydrogen-bond donors (Lipinski definition) is 1. The van der Waals surface area contributed by atoms with Crippen molar-refractivity contribution in [2.24, 2.45) is 4.36 Å². The molecule has 0 aliphatic rings. The third-order valence-corrected chi connectivity index (χ3v) is 8.79. The van der Waals surface area contributed by atoms with Crippen LogP contribution >= 0.6 is 45.9 Å². The Balaban J connectivity index is 0.000000244. The van der Waals surface area contributed by atoms with Crippen LogP contribution in [0, 0.1) is 6.92 Å². The summed E-state index contributed by atoms with van der Waals surface area (Å²) in [5, 5.41) is 16.4. The molecule has 7 nitrogen and oxygen atoms in total. The Kier molecular flexibility index (Phi) is 10.6. The van der Waals surface area contributed by atoms with Gasteiger partial charge < -0.3 is 9.29 Å². The molecular weight excluding hydrogens is 573 g/mol. The SMILES string of the molecule is CCC(=O)OS(=O)(=Nc1nc(-c2ccc(Cl)cc2)cs1)C(O)CC.Cc1nc(-c2ccc(Cl)cc2)cs1. The Hall–Kier alpha value is -2.34. The minimum absolute atomic E-state index is 0.0385. The maximum Gasteiger partial charge on any atom is 0.320 e. The number of carbonyl (C=O) groups is 1. The van der Waals surface area contributed by atoms with Crippen molar-refractivity contribution >= 4 is 67.0 Å². The van der Waals surface area contributed by atoms with Crippen molar-refractivity contribution in [2.75, 3.05) is 0 Å². The highest BCUT2D eigenvalue weighted by molar-refractivity contribution is 7.90. The van der Waals surface area contributed by atoms with Crippen LogP contribution in [-0.2, 0) is 19.0 Å². The molecule has 2 aromatic carbocycles. The lowest BCUT2D eigenvalue weighted by Gasteiger charge is -2.13. The van der Waals surface area contributed by atoms with Gasteiger partial charge in [0, 0.05) is 38.4 Å². The van der Waals surface area contributed by atoms with Crippen LogP contribution in [0.15, 0.2) is 63.7 Å². The van der Waals surface area contributed by atoms with Crippen molar-refractivity contribution < 1.29 is 18.3 Å². The summed E-state index contributed by atoms with van der Waals surface area (Å²) in [6.07, 6.45) is 0.172. The molecule has 0 bridgehead atoms. The third kappa shape index (κ3) is 8.33. The zero-order valence-corrected chi connectivity index (χ0v) is 24.2. The first-order valence-electron chi connectivity index (χ1n) is 11.2. The number of benzene rings is 2. The monoisotopic (exact) mass is 597 g/mol. The predicted octanol–water partition coefficient (Wildman–Crippen LogP) is 7.93. The summed E-state index contributed by atoms with van der Waals surface area (Å²) in [6, 6.07) is 14.8. The predicted molar refractivity (Wildman–Crippen MR) is 153 cm³/mol. The molecule has 4 rings (SSSR count). The van der Waals surface area contributed by atoms with Crippen LogP contribution in [0.3, 0.4) is 0 Å². The quantitative estimate of drug-likeness (QED) is 0.232. The van der Waals surface area contributed by atoms with E-state index in [9.17, 15) is 14.1 Å². The summed E-state index contributed by atoms with van der Waals surface area (Å²) in [5.41, 5.74) is 2.22. The molecule has 0 aliphatic carbocycles. The summed E-state index contributed by atoms with van der Waals surface area (Å²) in [7, 11) is -3.60. The van der Waals surface area contributed by atoms with Crippen molar-refractivity contribution in [1.82, 2.24) is 9.97 Å². The fourth-order valence-corrected chi connectivity index (χ4v) is 6.07. The van der Waals surface area contributed by atoms with Gasteiger partial charge in [-0.1, -0.05) is 61.3 Å². The average Bonchev–Trinajstić information content (AvgIpc) is 3.53. The summed E-state index contributed by atoms with van der Waals surface area (Å²) < 4.78 is 21.6. The molecule has 4 aromatic rings. The molecule has 2 heterocycles. The minimum Gasteiger partial charge on any atom is -0.375 e. The van der Waals surface area contributed by atoms with E-state index in [4.69, 9.17) is 27.4 Å². The topological polar surface area (TPSA) is 102 Å². The van der Waals surface area contributed by atoms with E-state index in [0.29, 0.717) is 10.7 Å². The van der Waals surface area contributed by atoms with Crippen molar-refractivity contribution in [3.8, 4) is 22.5 Å². The molecule has 0 fully saturated rings. The molecule has 2 atom stereocenters. The van der Waals surface area contributed by atoms with Crippen molar-refractivity contribution in [2.45, 2.75) is 39.0 Å². The van der Waals surface area contributed by atoms with Crippen LogP contribution in [-0.4, -0.2) is 30.7 Å². The van der Waals surface area contributed by atoms with Gasteiger partial charge in [-0.25, -0.2) is 14.2 Å². The summed E-state index contributed by atoms with van der Waals surface area (Å²) >= 11 is 14.4. The standard InChI is InChI=1S/C15H17ClN2O4S2.C10H8ClNS/c1-3-13(19)22-24(21,14(20)4-2)18-15-17-12(9-23-15)10-5-7-11(16)8-6-10;1-7-12-10(6-13-7)8-2-4-9(11)5-3-8/h5-9,14,20H,3-4H2,1-2H3;2-6H,1H3. The number of rotatable bonds is 7. The van der Waals surface area contributed by atoms with E-state index in [1.54, 1.807) is 54.8 Å². The fraction of sp³-hybridized carbons (Fsp3) is 0.240. The molecule has 1 N–H and O–H groups in total. The lowest BCUT2D eigenvalue weighted by molar-refractivity contribution is -0.133. The Morgan fingerprint density at radius 2 is 1.49 bits per heavy atom. The number of carbonyl (C=O) groups excluding carboxylic acids is 1. The lowest BCUT2D eigenvalue weighted by atomic mass is 10.2. The normalized spacial score (nSPS) is 13.1. The molecule has 0 radical (unpaired) electrons. The maximum atomic E-state index is 12.7. The Morgan fingerprint density at radius 1 is 0.973 bits per heavy atom. The number of nitrogens with zero attached hydrogens (tertiary/aromatic N) is 3. The third-order valence-electron chi connectivity index (χ3n) is 4.79. The number of aliphatic hydroxyl groups is 1. The molecule has 0 amide bonds. The van der Waals surface area contributed by atoms with E-state index in [2.05, 4.69) is 19.7 Å². The Morgan fingerprint density at radius 3 is 1.95 bits per heavy atom. The van der Waals surface area contributed by atoms with E-state index in [0.717, 1.165) is 38.2 Å². The highest BCUT2D eigenvalue weighted by atomic mass is 35.5. The second kappa shape index (κ2) is 13.5. The van der Waals surface area contributed by atoms with Crippen LogP contribution in [0.2, 0.25) is 10.0 Å². The zero-order valence-electron chi connectivity index (χ0n) is 20.3. The van der Waals surface area contributed by atoms with E-state index in [-0.39, 0.29) is 18.0 Å². The zero-order chi connectivity index (χ0) is 27.0. The van der Waals surface area contributed by atoms with Crippen LogP contribution < -0.4 is 0 Å². The van der Waals surface area contributed by atoms with Crippen molar-refractivity contribution in [3.05, 3.63) is 74.3 Å². The number of hydrogen-bond acceptors (Lipinski definition) is 9. The van der Waals surface area contributed by atoms with Gasteiger partial charge >= 0.3 is 5.97 Å². The number of halogens is 2. The Labute approximate surface area is 234 Å². The van der Waals surface area contributed by atoms with Gasteiger partial charge in [-0.3, -0.25) is 4.79 Å². The largest absolute Gasteiger partial charge is 0.375 e. The van der Waals surface area contributed by atoms with Gasteiger partial charge in [-0.05, 0) is 37.6 Å². The highest BCUT2D eigenvalue weighted by Crippen LogP contribution is 2.30. The van der Waals surface area contributed by atoms with Crippen molar-refractivity contribution in [3.63, 3.8) is 0 Å². The van der Waals surface area contributed by atoms with Gasteiger partial charge in [0.05, 0.1) is 16.4 Å². The van der Waals surface area contributed by atoms with Gasteiger partial charge in [0.2, 0.25) is 15.1 Å². The molecule has 2 aromatic heterocycles. The highest BCUT2D eigenvalue weighted by Gasteiger charge is 2.25. The summed E-state index contributed by atoms with van der Waals surface area (Å²) in [5.74, 6) is -0.689. The van der Waals surface area contributed by atoms with E-state index >= 15 is 0 Å². The lowest BCUT2D eigenvalue weighted by Crippen LogP contribution is -2.24. The second-order valence-corrected chi connectivity index (χ2v) is 12.3. The number of thiazole rings is 2. The summed E-state index contributed by atoms with van der Waals surface area (Å²) in [6.45, 7) is 5.20. The number of aromatic nitrogens is 2. The molecule has 196 valence electrons. The number of aryl methyl sites for hydroxylation is 1. The van der Waals surface area contributed by atoms with Crippen LogP contribution in [0.5, 0.6) is 0 Å². The van der Waals surface area contributed by atoms with Crippen LogP contribution in [0.1, 0.15) is 31.7 Å². The molecule has 0 saturated carbocycles. The molecule has 2 unspecified atom stereocenters. The van der Waals surface area contributed by atoms with Gasteiger partial charge in [-0.15, -0.1) is 27.0 Å². The molecule has 0 saturated heterocycles. The van der Waals surface area contributed by atoms with Gasteiger partial charge in [-0.2, -0.15) is 0 Å². The first-order valence-corrected chi connectivity index (χ1v) is 15.2. The molecule has 12 heteroatoms. The molecular formula is C25H25Cl2N3O4S3. The van der Waals surface area contributed by atoms with Gasteiger partial charge in [0.15, 0.2) is 5.44 Å². The van der Waals surface area contributed by atoms with Crippen molar-refractivity contribution in [1.29, 1.82) is 0 Å². The van der Waals surface area contributed by atoms with Gasteiger partial charge in [0.1, 0.15) is 0 Å². The average molecular weight is 599 g/mol. The Bertz CT molecular complexity index is 1440. The first kappa shape index (κ1) is 29.2. The molecule has 0 spiro atoms. The molecule has 0 aliphatic heterocycles. The van der Waals surface area contributed by atoms with Gasteiger partial charge in [0.25, 0.3) is 0 Å². The van der Waals surface area contributed by atoms with Crippen LogP contribution in [0.25, 0.3) is 22.5 Å². The van der Waals surface area contributed by atoms with E-state index in [1.807, 2.05) is 31.2 Å². The van der Waals surface area contributed by atoms with E-state index in [1.165, 1.54) is 0 Å². The summed E-state index contributed by atoms with van der Waals surface area (Å²) in [4.78, 5) is 20.2. The second-order valence-electron chi connectivity index (χ2n) is 7.56. The van der Waals surface area contributed by atoms with Crippen LogP contribution in [0.4, 0.5) is 5.13 Å². The minimum atomic E-state index is -3.60.